The highest BCUT2D eigenvalue weighted by Gasteiger charge is 2.33. The van der Waals surface area contributed by atoms with Crippen molar-refractivity contribution in [3.05, 3.63) is 52.0 Å². The SMILES string of the molecule is C#CC1CCCC1Oc1cc(Cl)c(C#N)cc1NS(=O)(=O)c1cc(C(O)O)ccc1C1CC1. The lowest BCUT2D eigenvalue weighted by molar-refractivity contribution is -0.0426. The van der Waals surface area contributed by atoms with E-state index in [4.69, 9.17) is 22.8 Å². The molecular formula is C24H23ClN2O5S. The molecule has 0 heterocycles. The fourth-order valence-electron chi connectivity index (χ4n) is 4.11. The van der Waals surface area contributed by atoms with Crippen LogP contribution in [0, 0.1) is 29.6 Å². The van der Waals surface area contributed by atoms with E-state index in [0.29, 0.717) is 5.56 Å². The molecule has 2 unspecified atom stereocenters. The van der Waals surface area contributed by atoms with Crippen molar-refractivity contribution in [2.75, 3.05) is 4.72 Å². The van der Waals surface area contributed by atoms with Gasteiger partial charge >= 0.3 is 0 Å². The molecule has 172 valence electrons. The van der Waals surface area contributed by atoms with Gasteiger partial charge in [0.25, 0.3) is 10.0 Å². The standard InChI is InChI=1S/C24H23ClN2O5S/c1-2-14-4-3-5-21(14)32-22-12-19(25)17(13-26)10-20(22)27-33(30,31)23-11-16(24(28)29)8-9-18(23)15-6-7-15/h1,8-12,14-15,21,24,27-29H,3-7H2. The number of aliphatic hydroxyl groups is 2. The molecule has 0 amide bonds. The van der Waals surface area contributed by atoms with E-state index in [9.17, 15) is 23.9 Å². The summed E-state index contributed by atoms with van der Waals surface area (Å²) in [5.74, 6) is 2.88. The topological polar surface area (TPSA) is 120 Å². The molecule has 0 bridgehead atoms. The normalized spacial score (nSPS) is 20.3. The lowest BCUT2D eigenvalue weighted by Crippen LogP contribution is -2.22. The Labute approximate surface area is 198 Å². The molecule has 3 N–H and O–H groups in total. The van der Waals surface area contributed by atoms with Gasteiger partial charge in [-0.3, -0.25) is 4.72 Å². The number of anilines is 1. The molecule has 0 saturated heterocycles. The van der Waals surface area contributed by atoms with Crippen molar-refractivity contribution >= 4 is 27.3 Å². The third kappa shape index (κ3) is 4.95. The Morgan fingerprint density at radius 2 is 1.94 bits per heavy atom. The van der Waals surface area contributed by atoms with Crippen molar-refractivity contribution in [1.29, 1.82) is 5.26 Å². The van der Waals surface area contributed by atoms with Gasteiger partial charge in [-0.1, -0.05) is 29.7 Å². The summed E-state index contributed by atoms with van der Waals surface area (Å²) in [6.45, 7) is 0. The molecule has 0 aromatic heterocycles. The van der Waals surface area contributed by atoms with Crippen molar-refractivity contribution in [1.82, 2.24) is 0 Å². The van der Waals surface area contributed by atoms with Gasteiger partial charge in [0.1, 0.15) is 17.9 Å². The monoisotopic (exact) mass is 486 g/mol. The number of ether oxygens (including phenoxy) is 1. The molecule has 2 fully saturated rings. The number of hydrogen-bond acceptors (Lipinski definition) is 6. The summed E-state index contributed by atoms with van der Waals surface area (Å²) in [5.41, 5.74) is 0.818. The predicted octanol–water partition coefficient (Wildman–Crippen LogP) is 4.05. The summed E-state index contributed by atoms with van der Waals surface area (Å²) in [4.78, 5) is -0.0441. The number of terminal acetylenes is 1. The van der Waals surface area contributed by atoms with Gasteiger partial charge in [0.2, 0.25) is 0 Å². The number of aliphatic hydroxyl groups excluding tert-OH is 1. The number of nitrogens with one attached hydrogen (secondary N) is 1. The summed E-state index contributed by atoms with van der Waals surface area (Å²) in [6, 6.07) is 9.06. The summed E-state index contributed by atoms with van der Waals surface area (Å²) >= 11 is 6.20. The summed E-state index contributed by atoms with van der Waals surface area (Å²) < 4.78 is 35.5. The first-order valence-corrected chi connectivity index (χ1v) is 12.5. The summed E-state index contributed by atoms with van der Waals surface area (Å²) in [5, 5.41) is 28.6. The minimum absolute atomic E-state index is 0.0441. The average Bonchev–Trinajstić information content (AvgIpc) is 3.53. The van der Waals surface area contributed by atoms with E-state index >= 15 is 0 Å². The molecule has 2 aliphatic carbocycles. The number of benzene rings is 2. The Hall–Kier alpha value is -2.75. The maximum atomic E-state index is 13.4. The highest BCUT2D eigenvalue weighted by molar-refractivity contribution is 7.92. The van der Waals surface area contributed by atoms with Crippen molar-refractivity contribution in [2.24, 2.45) is 5.92 Å². The number of nitriles is 1. The van der Waals surface area contributed by atoms with Crippen molar-refractivity contribution in [3.8, 4) is 24.2 Å². The molecule has 0 aliphatic heterocycles. The smallest absolute Gasteiger partial charge is 0.262 e. The summed E-state index contributed by atoms with van der Waals surface area (Å²) in [6.07, 6.45) is 7.64. The zero-order chi connectivity index (χ0) is 23.8. The number of halogens is 1. The van der Waals surface area contributed by atoms with Crippen LogP contribution in [0.2, 0.25) is 5.02 Å². The quantitative estimate of drug-likeness (QED) is 0.401. The van der Waals surface area contributed by atoms with E-state index in [-0.39, 0.29) is 50.4 Å². The van der Waals surface area contributed by atoms with E-state index in [1.54, 1.807) is 6.07 Å². The third-order valence-electron chi connectivity index (χ3n) is 6.02. The van der Waals surface area contributed by atoms with Crippen LogP contribution >= 0.6 is 11.6 Å². The molecule has 2 aromatic carbocycles. The van der Waals surface area contributed by atoms with Crippen LogP contribution in [0.15, 0.2) is 35.2 Å². The number of nitrogens with zero attached hydrogens (tertiary/aromatic N) is 1. The van der Waals surface area contributed by atoms with E-state index in [2.05, 4.69) is 10.6 Å². The maximum absolute atomic E-state index is 13.4. The first-order chi connectivity index (χ1) is 15.7. The molecule has 2 aromatic rings. The van der Waals surface area contributed by atoms with Gasteiger partial charge in [0, 0.05) is 11.6 Å². The largest absolute Gasteiger partial charge is 0.487 e. The van der Waals surface area contributed by atoms with Gasteiger partial charge < -0.3 is 14.9 Å². The Morgan fingerprint density at radius 1 is 1.18 bits per heavy atom. The first-order valence-electron chi connectivity index (χ1n) is 10.6. The molecule has 4 rings (SSSR count). The number of rotatable bonds is 7. The van der Waals surface area contributed by atoms with Gasteiger partial charge in [0.05, 0.1) is 27.1 Å². The number of sulfonamides is 1. The molecule has 33 heavy (non-hydrogen) atoms. The second-order valence-corrected chi connectivity index (χ2v) is 10.4. The van der Waals surface area contributed by atoms with Gasteiger partial charge in [-0.15, -0.1) is 6.42 Å². The van der Waals surface area contributed by atoms with Crippen LogP contribution in [0.25, 0.3) is 0 Å². The van der Waals surface area contributed by atoms with Gasteiger partial charge in [-0.05, 0) is 55.7 Å². The van der Waals surface area contributed by atoms with Crippen molar-refractivity contribution < 1.29 is 23.4 Å². The maximum Gasteiger partial charge on any atom is 0.262 e. The van der Waals surface area contributed by atoms with Crippen LogP contribution in [0.4, 0.5) is 5.69 Å². The fourth-order valence-corrected chi connectivity index (χ4v) is 5.71. The highest BCUT2D eigenvalue weighted by atomic mass is 35.5. The lowest BCUT2D eigenvalue weighted by Gasteiger charge is -2.21. The van der Waals surface area contributed by atoms with Crippen LogP contribution in [-0.2, 0) is 10.0 Å². The Kier molecular flexibility index (Phi) is 6.56. The average molecular weight is 487 g/mol. The predicted molar refractivity (Wildman–Crippen MR) is 123 cm³/mol. The molecule has 0 spiro atoms. The zero-order valence-electron chi connectivity index (χ0n) is 17.7. The molecule has 0 radical (unpaired) electrons. The second kappa shape index (κ2) is 9.24. The highest BCUT2D eigenvalue weighted by Crippen LogP contribution is 2.44. The number of hydrogen-bond donors (Lipinski definition) is 3. The van der Waals surface area contributed by atoms with Crippen LogP contribution in [0.1, 0.15) is 61.0 Å². The second-order valence-electron chi connectivity index (χ2n) is 8.35. The van der Waals surface area contributed by atoms with E-state index in [0.717, 1.165) is 32.1 Å². The Bertz CT molecular complexity index is 1260. The first kappa shape index (κ1) is 23.4. The minimum atomic E-state index is -4.16. The molecule has 9 heteroatoms. The van der Waals surface area contributed by atoms with Crippen molar-refractivity contribution in [2.45, 2.75) is 55.3 Å². The molecule has 2 aliphatic rings. The minimum Gasteiger partial charge on any atom is -0.487 e. The van der Waals surface area contributed by atoms with Crippen molar-refractivity contribution in [3.63, 3.8) is 0 Å². The molecule has 7 nitrogen and oxygen atoms in total. The van der Waals surface area contributed by atoms with Crippen LogP contribution < -0.4 is 9.46 Å². The van der Waals surface area contributed by atoms with Crippen LogP contribution in [-0.4, -0.2) is 24.7 Å². The van der Waals surface area contributed by atoms with Crippen LogP contribution in [0.5, 0.6) is 5.75 Å². The van der Waals surface area contributed by atoms with Gasteiger partial charge in [-0.25, -0.2) is 8.42 Å². The Morgan fingerprint density at radius 3 is 2.58 bits per heavy atom. The molecular weight excluding hydrogens is 464 g/mol. The lowest BCUT2D eigenvalue weighted by atomic mass is 10.1. The van der Waals surface area contributed by atoms with Crippen LogP contribution in [0.3, 0.4) is 0 Å². The molecule has 2 saturated carbocycles. The van der Waals surface area contributed by atoms with E-state index < -0.39 is 16.3 Å². The Balaban J connectivity index is 1.74. The molecule has 2 atom stereocenters. The van der Waals surface area contributed by atoms with E-state index in [1.165, 1.54) is 24.3 Å². The summed E-state index contributed by atoms with van der Waals surface area (Å²) in [7, 11) is -4.16. The van der Waals surface area contributed by atoms with E-state index in [1.807, 2.05) is 6.07 Å². The van der Waals surface area contributed by atoms with Gasteiger partial charge in [0.15, 0.2) is 6.29 Å². The zero-order valence-corrected chi connectivity index (χ0v) is 19.2. The third-order valence-corrected chi connectivity index (χ3v) is 7.76. The fraction of sp³-hybridized carbons (Fsp3) is 0.375. The van der Waals surface area contributed by atoms with Gasteiger partial charge in [-0.2, -0.15) is 5.26 Å².